The van der Waals surface area contributed by atoms with Crippen LogP contribution in [0.15, 0.2) is 95.6 Å². The number of carbonyl (C=O) groups is 1. The van der Waals surface area contributed by atoms with Gasteiger partial charge in [0.05, 0.1) is 22.6 Å². The minimum Gasteiger partial charge on any atom is -0.325 e. The number of carbonyl (C=O) groups excluding carboxylic acids is 1. The van der Waals surface area contributed by atoms with Crippen LogP contribution < -0.4 is 15.6 Å². The van der Waals surface area contributed by atoms with Gasteiger partial charge in [0.1, 0.15) is 12.4 Å². The number of hydrogen-bond donors (Lipinski definition) is 2. The van der Waals surface area contributed by atoms with E-state index in [2.05, 4.69) is 16.6 Å². The monoisotopic (exact) mass is 585 g/mol. The van der Waals surface area contributed by atoms with Crippen molar-refractivity contribution in [2.75, 3.05) is 10.0 Å². The third-order valence-corrected chi connectivity index (χ3v) is 7.78. The van der Waals surface area contributed by atoms with Crippen LogP contribution in [0.4, 0.5) is 15.8 Å². The first-order valence-corrected chi connectivity index (χ1v) is 14.7. The van der Waals surface area contributed by atoms with Gasteiger partial charge in [-0.15, -0.1) is 0 Å². The molecule has 2 heterocycles. The van der Waals surface area contributed by atoms with Gasteiger partial charge >= 0.3 is 0 Å². The van der Waals surface area contributed by atoms with Crippen LogP contribution in [0.2, 0.25) is 0 Å². The van der Waals surface area contributed by atoms with Gasteiger partial charge in [-0.1, -0.05) is 62.0 Å². The zero-order chi connectivity index (χ0) is 30.0. The minimum atomic E-state index is -3.88. The van der Waals surface area contributed by atoms with E-state index in [9.17, 15) is 22.4 Å². The topological polar surface area (TPSA) is 115 Å². The molecule has 0 atom stereocenters. The van der Waals surface area contributed by atoms with Crippen LogP contribution in [0.25, 0.3) is 28.2 Å². The summed E-state index contributed by atoms with van der Waals surface area (Å²) in [6, 6.07) is 21.2. The molecule has 0 unspecified atom stereocenters. The summed E-state index contributed by atoms with van der Waals surface area (Å²) in [7, 11) is -3.88. The molecule has 3 aromatic carbocycles. The molecule has 214 valence electrons. The molecule has 5 rings (SSSR count). The lowest BCUT2D eigenvalue weighted by Gasteiger charge is -2.13. The molecule has 0 bridgehead atoms. The number of imidazole rings is 1. The quantitative estimate of drug-likeness (QED) is 0.242. The first-order valence-electron chi connectivity index (χ1n) is 13.1. The summed E-state index contributed by atoms with van der Waals surface area (Å²) in [4.78, 5) is 32.4. The number of amides is 1. The predicted molar refractivity (Wildman–Crippen MR) is 162 cm³/mol. The minimum absolute atomic E-state index is 0.215. The van der Waals surface area contributed by atoms with Crippen molar-refractivity contribution in [1.29, 1.82) is 0 Å². The van der Waals surface area contributed by atoms with Gasteiger partial charge < -0.3 is 9.88 Å². The van der Waals surface area contributed by atoms with Gasteiger partial charge in [0.2, 0.25) is 11.7 Å². The molecular weight excluding hydrogens is 557 g/mol. The van der Waals surface area contributed by atoms with Crippen molar-refractivity contribution < 1.29 is 17.6 Å². The number of rotatable bonds is 9. The van der Waals surface area contributed by atoms with Crippen molar-refractivity contribution in [2.45, 2.75) is 26.8 Å². The van der Waals surface area contributed by atoms with E-state index in [-0.39, 0.29) is 23.6 Å². The van der Waals surface area contributed by atoms with E-state index in [1.165, 1.54) is 28.7 Å². The van der Waals surface area contributed by atoms with Crippen molar-refractivity contribution in [3.05, 3.63) is 118 Å². The van der Waals surface area contributed by atoms with E-state index in [1.807, 2.05) is 37.3 Å². The molecule has 0 saturated carbocycles. The Morgan fingerprint density at radius 1 is 1.02 bits per heavy atom. The second-order valence-electron chi connectivity index (χ2n) is 9.53. The molecular formula is C31H28FN5O4S. The molecule has 11 heteroatoms. The Bertz CT molecular complexity index is 1980. The molecule has 42 heavy (non-hydrogen) atoms. The fourth-order valence-electron chi connectivity index (χ4n) is 4.88. The number of nitrogens with zero attached hydrogens (tertiary/aromatic N) is 3. The van der Waals surface area contributed by atoms with E-state index in [4.69, 9.17) is 4.98 Å². The average molecular weight is 586 g/mol. The fourth-order valence-corrected chi connectivity index (χ4v) is 5.45. The first kappa shape index (κ1) is 28.5. The Balaban J connectivity index is 1.77. The van der Waals surface area contributed by atoms with Gasteiger partial charge in [-0.05, 0) is 49.2 Å². The second kappa shape index (κ2) is 11.5. The van der Waals surface area contributed by atoms with Crippen molar-refractivity contribution >= 4 is 33.1 Å². The molecule has 1 amide bonds. The molecule has 0 radical (unpaired) electrons. The lowest BCUT2D eigenvalue weighted by molar-refractivity contribution is -0.116. The molecule has 0 saturated heterocycles. The van der Waals surface area contributed by atoms with Crippen molar-refractivity contribution in [2.24, 2.45) is 0 Å². The summed E-state index contributed by atoms with van der Waals surface area (Å²) in [5, 5.41) is 3.54. The van der Waals surface area contributed by atoms with Crippen LogP contribution in [0, 0.1) is 12.7 Å². The Kier molecular flexibility index (Phi) is 7.77. The van der Waals surface area contributed by atoms with Crippen LogP contribution in [0.3, 0.4) is 0 Å². The number of benzene rings is 3. The normalized spacial score (nSPS) is 11.4. The lowest BCUT2D eigenvalue weighted by Crippen LogP contribution is -2.23. The molecule has 2 N–H and O–H groups in total. The van der Waals surface area contributed by atoms with Crippen LogP contribution in [-0.4, -0.2) is 28.3 Å². The van der Waals surface area contributed by atoms with Crippen LogP contribution in [0.5, 0.6) is 0 Å². The van der Waals surface area contributed by atoms with Crippen LogP contribution in [-0.2, 0) is 27.8 Å². The molecule has 0 aliphatic carbocycles. The maximum Gasteiger partial charge on any atom is 0.267 e. The van der Waals surface area contributed by atoms with Gasteiger partial charge in [-0.2, -0.15) is 0 Å². The van der Waals surface area contributed by atoms with Crippen molar-refractivity contribution in [3.63, 3.8) is 0 Å². The Hall–Kier alpha value is -5.03. The predicted octanol–water partition coefficient (Wildman–Crippen LogP) is 5.36. The number of halogens is 1. The molecule has 2 aromatic heterocycles. The first-order chi connectivity index (χ1) is 20.1. The van der Waals surface area contributed by atoms with Gasteiger partial charge in [0.15, 0.2) is 0 Å². The average Bonchev–Trinajstić information content (AvgIpc) is 3.25. The van der Waals surface area contributed by atoms with E-state index >= 15 is 0 Å². The smallest absolute Gasteiger partial charge is 0.267 e. The van der Waals surface area contributed by atoms with E-state index in [0.29, 0.717) is 45.9 Å². The highest BCUT2D eigenvalue weighted by Gasteiger charge is 2.25. The van der Waals surface area contributed by atoms with E-state index in [0.717, 1.165) is 5.41 Å². The Morgan fingerprint density at radius 2 is 1.69 bits per heavy atom. The number of aryl methyl sites for hydroxylation is 1. The Morgan fingerprint density at radius 3 is 2.36 bits per heavy atom. The maximum absolute atomic E-state index is 14.3. The number of fused-ring (bicyclic) bond motifs is 1. The third-order valence-electron chi connectivity index (χ3n) is 6.83. The summed E-state index contributed by atoms with van der Waals surface area (Å²) in [5.41, 5.74) is 3.21. The molecule has 0 spiro atoms. The van der Waals surface area contributed by atoms with Crippen LogP contribution in [0.1, 0.15) is 18.3 Å². The van der Waals surface area contributed by atoms with Gasteiger partial charge in [-0.25, -0.2) is 22.2 Å². The highest BCUT2D eigenvalue weighted by Crippen LogP contribution is 2.34. The SMILES string of the molecule is C=CS(=O)(=O)Nc1ccccc1-c1c(C)n(CC(=O)Nc2ccc(F)cc2)c2nc(CC)c(-c3ccccc3)c(=O)n12. The number of sulfonamides is 1. The van der Waals surface area contributed by atoms with Gasteiger partial charge in [-0.3, -0.25) is 14.3 Å². The molecule has 9 nitrogen and oxygen atoms in total. The number of anilines is 2. The number of nitrogens with one attached hydrogen (secondary N) is 2. The molecule has 0 aliphatic heterocycles. The zero-order valence-electron chi connectivity index (χ0n) is 23.0. The largest absolute Gasteiger partial charge is 0.325 e. The van der Waals surface area contributed by atoms with Crippen LogP contribution >= 0.6 is 0 Å². The molecule has 0 fully saturated rings. The summed E-state index contributed by atoms with van der Waals surface area (Å²) in [6.07, 6.45) is 0.451. The highest BCUT2D eigenvalue weighted by molar-refractivity contribution is 7.95. The van der Waals surface area contributed by atoms with E-state index in [1.54, 1.807) is 35.8 Å². The maximum atomic E-state index is 14.3. The standard InChI is InChI=1S/C31H28FN5O4S/c1-4-25-28(21-11-7-6-8-12-21)30(39)37-29(24-13-9-10-14-26(24)35-42(40,41)5-2)20(3)36(31(37)34-25)19-27(38)33-23-17-15-22(32)16-18-23/h5-18,35H,2,4,19H2,1,3H3,(H,33,38). The summed E-state index contributed by atoms with van der Waals surface area (Å²) < 4.78 is 43.8. The zero-order valence-corrected chi connectivity index (χ0v) is 23.8. The van der Waals surface area contributed by atoms with Gasteiger partial charge in [0.25, 0.3) is 15.6 Å². The molecule has 0 aliphatic rings. The van der Waals surface area contributed by atoms with Crippen molar-refractivity contribution in [3.8, 4) is 22.4 Å². The number of hydrogen-bond acceptors (Lipinski definition) is 5. The lowest BCUT2D eigenvalue weighted by atomic mass is 10.0. The second-order valence-corrected chi connectivity index (χ2v) is 11.2. The van der Waals surface area contributed by atoms with Gasteiger partial charge in [0, 0.05) is 22.4 Å². The van der Waals surface area contributed by atoms with Crippen molar-refractivity contribution in [1.82, 2.24) is 14.0 Å². The summed E-state index contributed by atoms with van der Waals surface area (Å²) >= 11 is 0. The summed E-state index contributed by atoms with van der Waals surface area (Å²) in [6.45, 7) is 6.79. The number of aromatic nitrogens is 3. The highest BCUT2D eigenvalue weighted by atomic mass is 32.2. The fraction of sp³-hybridized carbons (Fsp3) is 0.129. The summed E-state index contributed by atoms with van der Waals surface area (Å²) in [5.74, 6) is -0.631. The Labute approximate surface area is 242 Å². The van der Waals surface area contributed by atoms with E-state index < -0.39 is 21.7 Å². The number of para-hydroxylation sites is 1. The third kappa shape index (κ3) is 5.46. The molecule has 5 aromatic rings.